The van der Waals surface area contributed by atoms with E-state index in [0.29, 0.717) is 60.2 Å². The number of piperazine rings is 1. The second kappa shape index (κ2) is 13.2. The van der Waals surface area contributed by atoms with E-state index in [4.69, 9.17) is 0 Å². The molecule has 0 radical (unpaired) electrons. The Morgan fingerprint density at radius 2 is 1.62 bits per heavy atom. The van der Waals surface area contributed by atoms with Gasteiger partial charge in [0.25, 0.3) is 5.91 Å². The van der Waals surface area contributed by atoms with Crippen LogP contribution in [0.5, 0.6) is 0 Å². The number of nitrogens with zero attached hydrogens (tertiary/aromatic N) is 6. The second-order valence-electron chi connectivity index (χ2n) is 8.94. The SMILES string of the molecule is O=C(CS(=O)(=O)N1CCN(c2ccc(C#Cc3ccc(F)cc3)cn2)CC1)N(O)CCCCc1ncccn1. The van der Waals surface area contributed by atoms with Crippen LogP contribution in [0.25, 0.3) is 0 Å². The smallest absolute Gasteiger partial charge is 0.262 e. The summed E-state index contributed by atoms with van der Waals surface area (Å²) in [7, 11) is -3.88. The number of sulfonamides is 1. The maximum absolute atomic E-state index is 13.0. The fourth-order valence-corrected chi connectivity index (χ4v) is 5.33. The molecular formula is C27H29FN6O4S. The van der Waals surface area contributed by atoms with E-state index in [1.54, 1.807) is 36.8 Å². The van der Waals surface area contributed by atoms with E-state index in [9.17, 15) is 22.8 Å². The van der Waals surface area contributed by atoms with E-state index in [0.717, 1.165) is 0 Å². The maximum Gasteiger partial charge on any atom is 0.262 e. The number of unbranched alkanes of at least 4 members (excludes halogenated alkanes) is 1. The van der Waals surface area contributed by atoms with E-state index in [1.807, 2.05) is 17.0 Å². The number of pyridine rings is 1. The van der Waals surface area contributed by atoms with Crippen LogP contribution < -0.4 is 4.90 Å². The van der Waals surface area contributed by atoms with Crippen molar-refractivity contribution in [3.8, 4) is 11.8 Å². The van der Waals surface area contributed by atoms with Crippen molar-refractivity contribution in [2.45, 2.75) is 19.3 Å². The van der Waals surface area contributed by atoms with Crippen molar-refractivity contribution in [1.82, 2.24) is 24.3 Å². The van der Waals surface area contributed by atoms with Crippen LogP contribution in [-0.2, 0) is 21.2 Å². The Balaban J connectivity index is 1.21. The first-order valence-corrected chi connectivity index (χ1v) is 14.1. The van der Waals surface area contributed by atoms with Gasteiger partial charge in [-0.05, 0) is 55.3 Å². The van der Waals surface area contributed by atoms with Crippen molar-refractivity contribution >= 4 is 21.7 Å². The van der Waals surface area contributed by atoms with E-state index in [2.05, 4.69) is 26.8 Å². The molecule has 1 N–H and O–H groups in total. The molecule has 10 nitrogen and oxygen atoms in total. The number of carbonyl (C=O) groups is 1. The molecule has 1 amide bonds. The van der Waals surface area contributed by atoms with Crippen molar-refractivity contribution < 1.29 is 22.8 Å². The second-order valence-corrected chi connectivity index (χ2v) is 10.9. The summed E-state index contributed by atoms with van der Waals surface area (Å²) in [5, 5.41) is 10.5. The molecule has 4 rings (SSSR count). The molecule has 204 valence electrons. The van der Waals surface area contributed by atoms with Gasteiger partial charge >= 0.3 is 0 Å². The Hall–Kier alpha value is -3.92. The van der Waals surface area contributed by atoms with Gasteiger partial charge in [-0.15, -0.1) is 0 Å². The van der Waals surface area contributed by atoms with Gasteiger partial charge in [0.2, 0.25) is 10.0 Å². The highest BCUT2D eigenvalue weighted by atomic mass is 32.2. The highest BCUT2D eigenvalue weighted by Gasteiger charge is 2.30. The topological polar surface area (TPSA) is 120 Å². The number of hydrogen-bond donors (Lipinski definition) is 1. The van der Waals surface area contributed by atoms with E-state index >= 15 is 0 Å². The summed E-state index contributed by atoms with van der Waals surface area (Å²) >= 11 is 0. The molecule has 1 aliphatic rings. The normalized spacial score (nSPS) is 13.9. The lowest BCUT2D eigenvalue weighted by Crippen LogP contribution is -2.51. The van der Waals surface area contributed by atoms with Gasteiger partial charge in [0.15, 0.2) is 0 Å². The molecular weight excluding hydrogens is 523 g/mol. The molecule has 0 bridgehead atoms. The third-order valence-corrected chi connectivity index (χ3v) is 7.90. The van der Waals surface area contributed by atoms with E-state index < -0.39 is 21.7 Å². The summed E-state index contributed by atoms with van der Waals surface area (Å²) in [6, 6.07) is 11.3. The molecule has 0 unspecified atom stereocenters. The summed E-state index contributed by atoms with van der Waals surface area (Å²) in [5.74, 6) is 5.35. The molecule has 0 aliphatic carbocycles. The molecule has 0 saturated carbocycles. The van der Waals surface area contributed by atoms with Crippen molar-refractivity contribution in [2.24, 2.45) is 0 Å². The molecule has 0 spiro atoms. The third-order valence-electron chi connectivity index (χ3n) is 6.13. The summed E-state index contributed by atoms with van der Waals surface area (Å²) in [4.78, 5) is 27.0. The van der Waals surface area contributed by atoms with Crippen LogP contribution in [0.2, 0.25) is 0 Å². The highest BCUT2D eigenvalue weighted by molar-refractivity contribution is 7.89. The van der Waals surface area contributed by atoms with Crippen molar-refractivity contribution in [1.29, 1.82) is 0 Å². The van der Waals surface area contributed by atoms with Gasteiger partial charge < -0.3 is 4.90 Å². The van der Waals surface area contributed by atoms with Crippen LogP contribution in [0.3, 0.4) is 0 Å². The number of aryl methyl sites for hydroxylation is 1. The van der Waals surface area contributed by atoms with E-state index in [-0.39, 0.29) is 25.5 Å². The number of halogens is 1. The number of hydrogen-bond acceptors (Lipinski definition) is 8. The lowest BCUT2D eigenvalue weighted by molar-refractivity contribution is -0.162. The third kappa shape index (κ3) is 8.28. The van der Waals surface area contributed by atoms with Gasteiger partial charge in [0, 0.05) is 68.9 Å². The van der Waals surface area contributed by atoms with Crippen LogP contribution >= 0.6 is 0 Å². The molecule has 3 heterocycles. The van der Waals surface area contributed by atoms with E-state index in [1.165, 1.54) is 16.4 Å². The minimum atomic E-state index is -3.88. The number of benzene rings is 1. The molecule has 2 aromatic heterocycles. The maximum atomic E-state index is 13.0. The number of anilines is 1. The first-order valence-electron chi connectivity index (χ1n) is 12.5. The predicted molar refractivity (Wildman–Crippen MR) is 143 cm³/mol. The molecule has 3 aromatic rings. The van der Waals surface area contributed by atoms with Crippen LogP contribution in [-0.4, -0.2) is 82.3 Å². The fourth-order valence-electron chi connectivity index (χ4n) is 3.97. The number of hydroxylamine groups is 2. The first kappa shape index (κ1) is 28.1. The van der Waals surface area contributed by atoms with Crippen LogP contribution in [0, 0.1) is 17.7 Å². The van der Waals surface area contributed by atoms with Gasteiger partial charge in [0.1, 0.15) is 23.2 Å². The highest BCUT2D eigenvalue weighted by Crippen LogP contribution is 2.16. The minimum Gasteiger partial charge on any atom is -0.354 e. The molecule has 39 heavy (non-hydrogen) atoms. The lowest BCUT2D eigenvalue weighted by Gasteiger charge is -2.34. The Kier molecular flexibility index (Phi) is 9.54. The Bertz CT molecular complexity index is 1400. The van der Waals surface area contributed by atoms with Crippen LogP contribution in [0.4, 0.5) is 10.2 Å². The van der Waals surface area contributed by atoms with Crippen LogP contribution in [0.15, 0.2) is 61.1 Å². The Morgan fingerprint density at radius 3 is 2.28 bits per heavy atom. The molecule has 1 aromatic carbocycles. The summed E-state index contributed by atoms with van der Waals surface area (Å²) in [6.45, 7) is 1.25. The molecule has 1 fully saturated rings. The standard InChI is InChI=1S/C27H29FN6O4S/c28-24-10-7-22(8-11-24)5-6-23-9-12-26(31-20-23)32-16-18-33(19-17-32)39(37,38)21-27(35)34(36)15-2-1-4-25-29-13-3-14-30-25/h3,7-14,20,36H,1-2,4,15-19,21H2. The first-order chi connectivity index (χ1) is 18.8. The Labute approximate surface area is 227 Å². The number of carbonyl (C=O) groups excluding carboxylic acids is 1. The van der Waals surface area contributed by atoms with Crippen molar-refractivity contribution in [3.63, 3.8) is 0 Å². The average molecular weight is 553 g/mol. The number of rotatable bonds is 9. The van der Waals surface area contributed by atoms with Gasteiger partial charge in [-0.1, -0.05) is 11.8 Å². The zero-order valence-corrected chi connectivity index (χ0v) is 22.1. The molecule has 0 atom stereocenters. The summed E-state index contributed by atoms with van der Waals surface area (Å²) in [5.41, 5.74) is 1.39. The number of amides is 1. The fraction of sp³-hybridized carbons (Fsp3) is 0.333. The lowest BCUT2D eigenvalue weighted by atomic mass is 10.2. The van der Waals surface area contributed by atoms with Gasteiger partial charge in [0.05, 0.1) is 0 Å². The Morgan fingerprint density at radius 1 is 0.949 bits per heavy atom. The molecule has 1 saturated heterocycles. The molecule has 1 aliphatic heterocycles. The molecule has 12 heteroatoms. The van der Waals surface area contributed by atoms with Gasteiger partial charge in [-0.2, -0.15) is 4.31 Å². The summed E-state index contributed by atoms with van der Waals surface area (Å²) < 4.78 is 39.9. The zero-order valence-electron chi connectivity index (χ0n) is 21.3. The quantitative estimate of drug-likeness (QED) is 0.186. The summed E-state index contributed by atoms with van der Waals surface area (Å²) in [6.07, 6.45) is 6.68. The number of aromatic nitrogens is 3. The largest absolute Gasteiger partial charge is 0.354 e. The predicted octanol–water partition coefficient (Wildman–Crippen LogP) is 2.10. The van der Waals surface area contributed by atoms with Crippen molar-refractivity contribution in [3.05, 3.63) is 83.8 Å². The van der Waals surface area contributed by atoms with Gasteiger partial charge in [-0.25, -0.2) is 32.8 Å². The average Bonchev–Trinajstić information content (AvgIpc) is 2.95. The van der Waals surface area contributed by atoms with Crippen LogP contribution in [0.1, 0.15) is 29.8 Å². The van der Waals surface area contributed by atoms with Gasteiger partial charge in [-0.3, -0.25) is 10.0 Å². The minimum absolute atomic E-state index is 0.0326. The van der Waals surface area contributed by atoms with Crippen molar-refractivity contribution in [2.75, 3.05) is 43.4 Å². The monoisotopic (exact) mass is 552 g/mol. The zero-order chi connectivity index (χ0) is 27.7.